The molecule has 0 fully saturated rings. The Labute approximate surface area is 107 Å². The Hall–Kier alpha value is -1.84. The first kappa shape index (κ1) is 12.6. The third-order valence-electron chi connectivity index (χ3n) is 3.12. The van der Waals surface area contributed by atoms with E-state index in [1.807, 2.05) is 19.1 Å². The number of aromatic nitrogens is 2. The lowest BCUT2D eigenvalue weighted by molar-refractivity contribution is -0.675. The van der Waals surface area contributed by atoms with Crippen molar-refractivity contribution in [3.63, 3.8) is 0 Å². The van der Waals surface area contributed by atoms with Crippen molar-refractivity contribution in [3.05, 3.63) is 30.1 Å². The Morgan fingerprint density at radius 3 is 2.83 bits per heavy atom. The molecule has 0 aliphatic heterocycles. The van der Waals surface area contributed by atoms with Gasteiger partial charge in [0.25, 0.3) is 5.82 Å². The molecule has 18 heavy (non-hydrogen) atoms. The number of amides is 1. The molecule has 0 radical (unpaired) electrons. The molecule has 4 heteroatoms. The molecule has 0 unspecified atom stereocenters. The van der Waals surface area contributed by atoms with E-state index in [1.54, 1.807) is 0 Å². The third-order valence-corrected chi connectivity index (χ3v) is 3.12. The summed E-state index contributed by atoms with van der Waals surface area (Å²) in [6.07, 6.45) is 1.37. The molecule has 0 bridgehead atoms. The number of nitrogens with one attached hydrogen (secondary N) is 2. The number of aromatic amines is 1. The molecule has 1 aromatic carbocycles. The van der Waals surface area contributed by atoms with Crippen LogP contribution in [0.5, 0.6) is 0 Å². The van der Waals surface area contributed by atoms with Crippen LogP contribution in [0.2, 0.25) is 0 Å². The number of benzene rings is 1. The molecular formula is C14H20N3O+. The number of H-pyrrole nitrogens is 1. The summed E-state index contributed by atoms with van der Waals surface area (Å²) < 4.78 is 2.26. The molecule has 1 heterocycles. The van der Waals surface area contributed by atoms with E-state index in [2.05, 4.69) is 33.9 Å². The van der Waals surface area contributed by atoms with Crippen molar-refractivity contribution < 1.29 is 9.36 Å². The Balaban J connectivity index is 2.15. The minimum absolute atomic E-state index is 0.106. The fourth-order valence-electron chi connectivity index (χ4n) is 2.19. The smallest absolute Gasteiger partial charge is 0.256 e. The molecule has 0 aliphatic carbocycles. The second-order valence-electron chi connectivity index (χ2n) is 4.29. The van der Waals surface area contributed by atoms with E-state index >= 15 is 0 Å². The van der Waals surface area contributed by atoms with E-state index in [1.165, 1.54) is 5.52 Å². The van der Waals surface area contributed by atoms with Gasteiger partial charge in [0.1, 0.15) is 0 Å². The van der Waals surface area contributed by atoms with Crippen LogP contribution >= 0.6 is 0 Å². The van der Waals surface area contributed by atoms with Gasteiger partial charge in [-0.05, 0) is 19.1 Å². The third kappa shape index (κ3) is 2.53. The number of carbonyl (C=O) groups excluding carboxylic acids is 1. The Bertz CT molecular complexity index is 545. The van der Waals surface area contributed by atoms with Crippen LogP contribution in [0.1, 0.15) is 26.1 Å². The van der Waals surface area contributed by atoms with E-state index in [-0.39, 0.29) is 5.91 Å². The molecule has 0 atom stereocenters. The van der Waals surface area contributed by atoms with Crippen molar-refractivity contribution in [2.45, 2.75) is 33.2 Å². The zero-order chi connectivity index (χ0) is 13.0. The van der Waals surface area contributed by atoms with Crippen LogP contribution in [0, 0.1) is 0 Å². The summed E-state index contributed by atoms with van der Waals surface area (Å²) in [5.74, 6) is 1.27. The normalized spacial score (nSPS) is 10.8. The molecule has 1 amide bonds. The van der Waals surface area contributed by atoms with E-state index in [0.29, 0.717) is 13.0 Å². The van der Waals surface area contributed by atoms with Crippen LogP contribution < -0.4 is 9.88 Å². The van der Waals surface area contributed by atoms with Gasteiger partial charge in [-0.2, -0.15) is 0 Å². The molecule has 0 saturated carbocycles. The van der Waals surface area contributed by atoms with Gasteiger partial charge in [0.05, 0.1) is 13.0 Å². The maximum absolute atomic E-state index is 11.2. The zero-order valence-corrected chi connectivity index (χ0v) is 11.0. The summed E-state index contributed by atoms with van der Waals surface area (Å²) in [7, 11) is 0. The van der Waals surface area contributed by atoms with Gasteiger partial charge in [0.2, 0.25) is 5.91 Å². The minimum Gasteiger partial charge on any atom is -0.355 e. The molecule has 96 valence electrons. The molecule has 0 spiro atoms. The minimum atomic E-state index is 0.106. The van der Waals surface area contributed by atoms with Gasteiger partial charge in [-0.3, -0.25) is 4.79 Å². The van der Waals surface area contributed by atoms with Crippen molar-refractivity contribution >= 4 is 16.9 Å². The van der Waals surface area contributed by atoms with Gasteiger partial charge in [-0.1, -0.05) is 19.1 Å². The number of para-hydroxylation sites is 2. The summed E-state index contributed by atoms with van der Waals surface area (Å²) in [6.45, 7) is 5.61. The van der Waals surface area contributed by atoms with E-state index in [4.69, 9.17) is 0 Å². The summed E-state index contributed by atoms with van der Waals surface area (Å²) in [4.78, 5) is 14.6. The average Bonchev–Trinajstić information content (AvgIpc) is 2.75. The largest absolute Gasteiger partial charge is 0.355 e. The number of nitrogens with zero attached hydrogens (tertiary/aromatic N) is 1. The molecule has 2 aromatic rings. The summed E-state index contributed by atoms with van der Waals surface area (Å²) in [6, 6.07) is 8.27. The topological polar surface area (TPSA) is 48.8 Å². The van der Waals surface area contributed by atoms with E-state index < -0.39 is 0 Å². The maximum Gasteiger partial charge on any atom is 0.256 e. The highest BCUT2D eigenvalue weighted by molar-refractivity contribution is 5.75. The Morgan fingerprint density at radius 1 is 1.33 bits per heavy atom. The number of imidazole rings is 1. The van der Waals surface area contributed by atoms with Crippen molar-refractivity contribution in [2.24, 2.45) is 0 Å². The van der Waals surface area contributed by atoms with Crippen LogP contribution in [0.4, 0.5) is 0 Å². The lowest BCUT2D eigenvalue weighted by Gasteiger charge is -2.01. The number of aryl methyl sites for hydroxylation is 1. The second-order valence-corrected chi connectivity index (χ2v) is 4.29. The highest BCUT2D eigenvalue weighted by atomic mass is 16.1. The monoisotopic (exact) mass is 246 g/mol. The highest BCUT2D eigenvalue weighted by Crippen LogP contribution is 2.08. The SMILES string of the molecule is CCC(=O)NCCc1[nH]c2ccccc2[n+]1CC. The predicted octanol–water partition coefficient (Wildman–Crippen LogP) is 1.54. The zero-order valence-electron chi connectivity index (χ0n) is 11.0. The van der Waals surface area contributed by atoms with Gasteiger partial charge in [-0.25, -0.2) is 9.55 Å². The van der Waals surface area contributed by atoms with Crippen molar-refractivity contribution in [1.29, 1.82) is 0 Å². The van der Waals surface area contributed by atoms with Crippen LogP contribution in [0.15, 0.2) is 24.3 Å². The van der Waals surface area contributed by atoms with Crippen molar-refractivity contribution in [3.8, 4) is 0 Å². The van der Waals surface area contributed by atoms with Gasteiger partial charge < -0.3 is 5.32 Å². The number of hydrogen-bond donors (Lipinski definition) is 2. The first-order valence-corrected chi connectivity index (χ1v) is 6.52. The van der Waals surface area contributed by atoms with Crippen LogP contribution in [0.25, 0.3) is 11.0 Å². The number of rotatable bonds is 5. The standard InChI is InChI=1S/C14H19N3O/c1-3-14(18)15-10-9-13-16-11-7-5-6-8-12(11)17(13)4-2/h5-8H,3-4,9-10H2,1-2H3,(H,15,18)/p+1. The van der Waals surface area contributed by atoms with Crippen molar-refractivity contribution in [1.82, 2.24) is 10.3 Å². The first-order chi connectivity index (χ1) is 8.76. The fourth-order valence-corrected chi connectivity index (χ4v) is 2.19. The fraction of sp³-hybridized carbons (Fsp3) is 0.429. The molecular weight excluding hydrogens is 226 g/mol. The van der Waals surface area contributed by atoms with Crippen LogP contribution in [-0.2, 0) is 17.8 Å². The molecule has 0 aliphatic rings. The summed E-state index contributed by atoms with van der Waals surface area (Å²) in [5.41, 5.74) is 2.37. The van der Waals surface area contributed by atoms with Crippen LogP contribution in [-0.4, -0.2) is 17.4 Å². The van der Waals surface area contributed by atoms with E-state index in [0.717, 1.165) is 24.3 Å². The number of fused-ring (bicyclic) bond motifs is 1. The summed E-state index contributed by atoms with van der Waals surface area (Å²) >= 11 is 0. The number of carbonyl (C=O) groups is 1. The van der Waals surface area contributed by atoms with Crippen molar-refractivity contribution in [2.75, 3.05) is 6.54 Å². The molecule has 4 nitrogen and oxygen atoms in total. The maximum atomic E-state index is 11.2. The molecule has 0 saturated heterocycles. The van der Waals surface area contributed by atoms with Gasteiger partial charge in [-0.15, -0.1) is 0 Å². The second kappa shape index (κ2) is 5.67. The first-order valence-electron chi connectivity index (χ1n) is 6.52. The van der Waals surface area contributed by atoms with Gasteiger partial charge >= 0.3 is 0 Å². The molecule has 2 N–H and O–H groups in total. The molecule has 1 aromatic heterocycles. The van der Waals surface area contributed by atoms with Gasteiger partial charge in [0, 0.05) is 13.0 Å². The van der Waals surface area contributed by atoms with E-state index in [9.17, 15) is 4.79 Å². The highest BCUT2D eigenvalue weighted by Gasteiger charge is 2.16. The lowest BCUT2D eigenvalue weighted by atomic mass is 10.3. The number of hydrogen-bond acceptors (Lipinski definition) is 1. The Morgan fingerprint density at radius 2 is 2.11 bits per heavy atom. The average molecular weight is 246 g/mol. The quantitative estimate of drug-likeness (QED) is 0.773. The Kier molecular flexibility index (Phi) is 3.97. The summed E-state index contributed by atoms with van der Waals surface area (Å²) in [5, 5.41) is 2.90. The van der Waals surface area contributed by atoms with Crippen LogP contribution in [0.3, 0.4) is 0 Å². The lowest BCUT2D eigenvalue weighted by Crippen LogP contribution is -2.37. The molecule has 2 rings (SSSR count). The van der Waals surface area contributed by atoms with Gasteiger partial charge in [0.15, 0.2) is 11.0 Å². The predicted molar refractivity (Wildman–Crippen MR) is 71.2 cm³/mol.